The van der Waals surface area contributed by atoms with Crippen LogP contribution in [-0.2, 0) is 4.74 Å². The number of halogens is 1. The van der Waals surface area contributed by atoms with Gasteiger partial charge < -0.3 is 9.26 Å². The molecule has 1 aliphatic rings. The number of aromatic nitrogens is 2. The number of hydrogen-bond acceptors (Lipinski definition) is 4. The Bertz CT molecular complexity index is 314. The molecule has 3 atom stereocenters. The van der Waals surface area contributed by atoms with Crippen molar-refractivity contribution in [2.75, 3.05) is 6.61 Å². The quantitative estimate of drug-likeness (QED) is 0.713. The zero-order valence-electron chi connectivity index (χ0n) is 8.24. The Morgan fingerprint density at radius 2 is 2.36 bits per heavy atom. The molecule has 0 aromatic carbocycles. The molecular formula is C9H13ClN2O2. The molecule has 1 fully saturated rings. The maximum absolute atomic E-state index is 5.83. The van der Waals surface area contributed by atoms with Crippen molar-refractivity contribution < 1.29 is 9.26 Å². The lowest BCUT2D eigenvalue weighted by molar-refractivity contribution is 0.0661. The summed E-state index contributed by atoms with van der Waals surface area (Å²) in [6.07, 6.45) is 0.991. The Morgan fingerprint density at radius 1 is 1.57 bits per heavy atom. The first-order chi connectivity index (χ1) is 6.68. The Labute approximate surface area is 87.6 Å². The zero-order chi connectivity index (χ0) is 10.1. The fraction of sp³-hybridized carbons (Fsp3) is 0.778. The standard InChI is InChI=1S/C9H13ClN2O2/c1-5-3-4-13-7(5)9-11-8(6(2)10)12-14-9/h5-7H,3-4H2,1-2H3. The second-order valence-electron chi connectivity index (χ2n) is 3.66. The van der Waals surface area contributed by atoms with E-state index in [1.165, 1.54) is 0 Å². The van der Waals surface area contributed by atoms with Gasteiger partial charge in [-0.2, -0.15) is 4.98 Å². The smallest absolute Gasteiger partial charge is 0.256 e. The molecule has 0 amide bonds. The number of ether oxygens (including phenoxy) is 1. The number of nitrogens with zero attached hydrogens (tertiary/aromatic N) is 2. The Balaban J connectivity index is 2.16. The molecule has 5 heteroatoms. The van der Waals surface area contributed by atoms with Crippen LogP contribution in [-0.4, -0.2) is 16.7 Å². The maximum atomic E-state index is 5.83. The molecule has 1 saturated heterocycles. The first kappa shape index (κ1) is 9.93. The lowest BCUT2D eigenvalue weighted by atomic mass is 10.0. The molecule has 0 bridgehead atoms. The van der Waals surface area contributed by atoms with Crippen molar-refractivity contribution in [1.82, 2.24) is 10.1 Å². The molecule has 0 radical (unpaired) electrons. The van der Waals surface area contributed by atoms with E-state index in [0.29, 0.717) is 17.6 Å². The summed E-state index contributed by atoms with van der Waals surface area (Å²) in [5.41, 5.74) is 0. The molecule has 1 aromatic heterocycles. The molecule has 4 nitrogen and oxygen atoms in total. The summed E-state index contributed by atoms with van der Waals surface area (Å²) in [5, 5.41) is 3.58. The minimum atomic E-state index is -0.218. The molecule has 2 heterocycles. The van der Waals surface area contributed by atoms with Gasteiger partial charge in [-0.25, -0.2) is 0 Å². The average molecular weight is 217 g/mol. The molecule has 0 saturated carbocycles. The van der Waals surface area contributed by atoms with Gasteiger partial charge in [0.25, 0.3) is 5.89 Å². The second-order valence-corrected chi connectivity index (χ2v) is 4.32. The summed E-state index contributed by atoms with van der Waals surface area (Å²) in [6.45, 7) is 4.70. The summed E-state index contributed by atoms with van der Waals surface area (Å²) in [5.74, 6) is 1.52. The van der Waals surface area contributed by atoms with Crippen LogP contribution in [0.4, 0.5) is 0 Å². The van der Waals surface area contributed by atoms with Gasteiger partial charge in [0.2, 0.25) is 0 Å². The van der Waals surface area contributed by atoms with E-state index in [-0.39, 0.29) is 11.5 Å². The normalized spacial score (nSPS) is 29.4. The Morgan fingerprint density at radius 3 is 2.86 bits per heavy atom. The average Bonchev–Trinajstić information content (AvgIpc) is 2.71. The van der Waals surface area contributed by atoms with Crippen molar-refractivity contribution in [3.63, 3.8) is 0 Å². The van der Waals surface area contributed by atoms with Crippen LogP contribution in [0.3, 0.4) is 0 Å². The van der Waals surface area contributed by atoms with E-state index >= 15 is 0 Å². The van der Waals surface area contributed by atoms with E-state index in [9.17, 15) is 0 Å². The Kier molecular flexibility index (Phi) is 2.74. The summed E-state index contributed by atoms with van der Waals surface area (Å²) in [7, 11) is 0. The fourth-order valence-corrected chi connectivity index (χ4v) is 1.62. The van der Waals surface area contributed by atoms with Crippen LogP contribution in [0.25, 0.3) is 0 Å². The van der Waals surface area contributed by atoms with Gasteiger partial charge in [0, 0.05) is 6.61 Å². The maximum Gasteiger partial charge on any atom is 0.256 e. The molecule has 0 aliphatic carbocycles. The molecule has 2 rings (SSSR count). The van der Waals surface area contributed by atoms with Crippen molar-refractivity contribution in [2.45, 2.75) is 31.7 Å². The van der Waals surface area contributed by atoms with E-state index in [1.54, 1.807) is 0 Å². The highest BCUT2D eigenvalue weighted by molar-refractivity contribution is 6.20. The van der Waals surface area contributed by atoms with E-state index in [0.717, 1.165) is 13.0 Å². The number of hydrogen-bond donors (Lipinski definition) is 0. The first-order valence-electron chi connectivity index (χ1n) is 4.77. The monoisotopic (exact) mass is 216 g/mol. The van der Waals surface area contributed by atoms with E-state index in [1.807, 2.05) is 6.92 Å². The summed E-state index contributed by atoms with van der Waals surface area (Å²) >= 11 is 5.83. The summed E-state index contributed by atoms with van der Waals surface area (Å²) < 4.78 is 10.6. The highest BCUT2D eigenvalue weighted by Gasteiger charge is 2.31. The molecule has 78 valence electrons. The zero-order valence-corrected chi connectivity index (χ0v) is 8.99. The second kappa shape index (κ2) is 3.87. The third-order valence-corrected chi connectivity index (χ3v) is 2.64. The molecule has 1 aliphatic heterocycles. The molecule has 1 aromatic rings. The largest absolute Gasteiger partial charge is 0.368 e. The highest BCUT2D eigenvalue weighted by Crippen LogP contribution is 2.33. The highest BCUT2D eigenvalue weighted by atomic mass is 35.5. The fourth-order valence-electron chi connectivity index (χ4n) is 1.54. The molecule has 3 unspecified atom stereocenters. The molecular weight excluding hydrogens is 204 g/mol. The van der Waals surface area contributed by atoms with Crippen LogP contribution < -0.4 is 0 Å². The Hall–Kier alpha value is -0.610. The molecule has 0 N–H and O–H groups in total. The SMILES string of the molecule is CC(Cl)c1noc(C2OCCC2C)n1. The van der Waals surface area contributed by atoms with Gasteiger partial charge in [0.1, 0.15) is 6.10 Å². The van der Waals surface area contributed by atoms with E-state index < -0.39 is 0 Å². The predicted molar refractivity (Wildman–Crippen MR) is 51.0 cm³/mol. The van der Waals surface area contributed by atoms with Crippen molar-refractivity contribution >= 4 is 11.6 Å². The minimum absolute atomic E-state index is 0.0494. The van der Waals surface area contributed by atoms with Crippen molar-refractivity contribution in [2.24, 2.45) is 5.92 Å². The van der Waals surface area contributed by atoms with Gasteiger partial charge in [0.05, 0.1) is 5.38 Å². The van der Waals surface area contributed by atoms with Gasteiger partial charge in [-0.05, 0) is 19.3 Å². The van der Waals surface area contributed by atoms with Crippen LogP contribution in [0.2, 0.25) is 0 Å². The van der Waals surface area contributed by atoms with Gasteiger partial charge in [-0.3, -0.25) is 0 Å². The number of rotatable bonds is 2. The summed E-state index contributed by atoms with van der Waals surface area (Å²) in [4.78, 5) is 4.21. The third kappa shape index (κ3) is 1.77. The van der Waals surface area contributed by atoms with Crippen molar-refractivity contribution in [1.29, 1.82) is 0 Å². The topological polar surface area (TPSA) is 48.2 Å². The lowest BCUT2D eigenvalue weighted by Gasteiger charge is -2.07. The van der Waals surface area contributed by atoms with Crippen LogP contribution in [0.1, 0.15) is 43.5 Å². The van der Waals surface area contributed by atoms with Crippen LogP contribution in [0.5, 0.6) is 0 Å². The van der Waals surface area contributed by atoms with Crippen LogP contribution in [0.15, 0.2) is 4.52 Å². The number of alkyl halides is 1. The van der Waals surface area contributed by atoms with Crippen molar-refractivity contribution in [3.05, 3.63) is 11.7 Å². The van der Waals surface area contributed by atoms with E-state index in [2.05, 4.69) is 17.1 Å². The van der Waals surface area contributed by atoms with Gasteiger partial charge in [-0.15, -0.1) is 11.6 Å². The van der Waals surface area contributed by atoms with Gasteiger partial charge >= 0.3 is 0 Å². The van der Waals surface area contributed by atoms with E-state index in [4.69, 9.17) is 20.9 Å². The van der Waals surface area contributed by atoms with Crippen LogP contribution >= 0.6 is 11.6 Å². The van der Waals surface area contributed by atoms with Gasteiger partial charge in [-0.1, -0.05) is 12.1 Å². The predicted octanol–water partition coefficient (Wildman–Crippen LogP) is 2.47. The summed E-state index contributed by atoms with van der Waals surface area (Å²) in [6, 6.07) is 0. The molecule has 0 spiro atoms. The third-order valence-electron chi connectivity index (χ3n) is 2.44. The minimum Gasteiger partial charge on any atom is -0.368 e. The van der Waals surface area contributed by atoms with Crippen LogP contribution in [0, 0.1) is 5.92 Å². The molecule has 14 heavy (non-hydrogen) atoms. The van der Waals surface area contributed by atoms with Gasteiger partial charge in [0.15, 0.2) is 5.82 Å². The van der Waals surface area contributed by atoms with Crippen molar-refractivity contribution in [3.8, 4) is 0 Å². The lowest BCUT2D eigenvalue weighted by Crippen LogP contribution is -2.04. The first-order valence-corrected chi connectivity index (χ1v) is 5.21.